The molecule has 4 heteroatoms. The largest absolute Gasteiger partial charge is 0.231 e. The van der Waals surface area contributed by atoms with E-state index in [-0.39, 0.29) is 12.8 Å². The van der Waals surface area contributed by atoms with Crippen LogP contribution >= 0.6 is 0 Å². The average Bonchev–Trinajstić information content (AvgIpc) is 2.13. The molecule has 1 rings (SSSR count). The van der Waals surface area contributed by atoms with Crippen molar-refractivity contribution in [3.63, 3.8) is 0 Å². The maximum absolute atomic E-state index is 8.35. The van der Waals surface area contributed by atoms with Crippen LogP contribution in [-0.2, 0) is 9.59 Å². The van der Waals surface area contributed by atoms with Crippen molar-refractivity contribution in [2.75, 3.05) is 0 Å². The van der Waals surface area contributed by atoms with Crippen molar-refractivity contribution in [1.82, 2.24) is 0 Å². The third kappa shape index (κ3) is 23.3. The highest BCUT2D eigenvalue weighted by Crippen LogP contribution is 2.15. The molecule has 0 amide bonds. The molecule has 0 saturated heterocycles. The zero-order valence-corrected chi connectivity index (χ0v) is 6.80. The summed E-state index contributed by atoms with van der Waals surface area (Å²) in [7, 11) is 0. The smallest absolute Gasteiger partial charge is 0.222 e. The van der Waals surface area contributed by atoms with Crippen LogP contribution in [0.5, 0.6) is 0 Å². The fourth-order valence-corrected chi connectivity index (χ4v) is 0.760. The van der Waals surface area contributed by atoms with E-state index < -0.39 is 0 Å². The third-order valence-corrected chi connectivity index (χ3v) is 1.16. The van der Waals surface area contributed by atoms with Crippen LogP contribution in [0.4, 0.5) is 0 Å². The lowest BCUT2D eigenvalue weighted by Crippen LogP contribution is -1.85. The first-order valence-electron chi connectivity index (χ1n) is 4.71. The molecule has 0 aromatic carbocycles. The molecule has 1 aliphatic carbocycles. The summed E-state index contributed by atoms with van der Waals surface area (Å²) < 4.78 is 14.6. The second-order valence-corrected chi connectivity index (χ2v) is 1.96. The van der Waals surface area contributed by atoms with E-state index in [2.05, 4.69) is 0 Å². The Labute approximate surface area is 74.8 Å². The minimum atomic E-state index is -0.0799. The van der Waals surface area contributed by atoms with Gasteiger partial charge >= 0.3 is 0 Å². The first-order valence-corrected chi connectivity index (χ1v) is 3.56. The van der Waals surface area contributed by atoms with Crippen molar-refractivity contribution >= 4 is 12.2 Å². The van der Waals surface area contributed by atoms with E-state index in [4.69, 9.17) is 23.1 Å². The predicted octanol–water partition coefficient (Wildman–Crippen LogP) is 2.14. The van der Waals surface area contributed by atoms with Crippen molar-refractivity contribution in [2.45, 2.75) is 38.5 Å². The van der Waals surface area contributed by atoms with Gasteiger partial charge in [0, 0.05) is 2.74 Å². The van der Waals surface area contributed by atoms with Gasteiger partial charge in [0.2, 0.25) is 12.2 Å². The van der Waals surface area contributed by atoms with Crippen molar-refractivity contribution in [3.8, 4) is 0 Å². The Bertz CT molecular complexity index is 178. The highest BCUT2D eigenvalue weighted by Gasteiger charge is 1.95. The van der Waals surface area contributed by atoms with Crippen LogP contribution < -0.4 is 0 Å². The van der Waals surface area contributed by atoms with Gasteiger partial charge in [-0.25, -0.2) is 20.4 Å². The predicted molar refractivity (Wildman–Crippen MR) is 44.5 cm³/mol. The molecule has 0 radical (unpaired) electrons. The molecule has 12 heavy (non-hydrogen) atoms. The second kappa shape index (κ2) is 16.4. The summed E-state index contributed by atoms with van der Waals surface area (Å²) in [6.07, 6.45) is 5.59. The fourth-order valence-electron chi connectivity index (χ4n) is 0.760. The number of hydrogen-bond donors (Lipinski definition) is 2. The summed E-state index contributed by atoms with van der Waals surface area (Å²) in [6, 6.07) is 0. The van der Waals surface area contributed by atoms with Gasteiger partial charge in [0.25, 0.3) is 0 Å². The zero-order chi connectivity index (χ0) is 11.4. The third-order valence-electron chi connectivity index (χ3n) is 1.16. The maximum atomic E-state index is 8.35. The molecule has 2 unspecified atom stereocenters. The van der Waals surface area contributed by atoms with E-state index >= 15 is 0 Å². The molecule has 2 atom stereocenters. The van der Waals surface area contributed by atoms with Gasteiger partial charge in [-0.2, -0.15) is 0 Å². The monoisotopic (exact) mass is 172 g/mol. The number of nitrogens with one attached hydrogen (secondary N) is 2. The van der Waals surface area contributed by atoms with Gasteiger partial charge in [0.05, 0.1) is 0 Å². The van der Waals surface area contributed by atoms with Gasteiger partial charge in [-0.3, -0.25) is 0 Å². The molecule has 2 N–H and O–H groups in total. The van der Waals surface area contributed by atoms with Crippen LogP contribution in [0.3, 0.4) is 0 Å². The summed E-state index contributed by atoms with van der Waals surface area (Å²) in [5.41, 5.74) is 0. The molecule has 1 aliphatic rings. The molecule has 0 heterocycles. The Kier molecular flexibility index (Phi) is 12.1. The lowest BCUT2D eigenvalue weighted by atomic mass is 10.0. The Morgan fingerprint density at radius 3 is 1.33 bits per heavy atom. The van der Waals surface area contributed by atoms with Gasteiger partial charge in [-0.05, 0) is 0 Å². The van der Waals surface area contributed by atoms with Crippen LogP contribution in [0.1, 0.15) is 41.2 Å². The van der Waals surface area contributed by atoms with Gasteiger partial charge in [0.1, 0.15) is 0 Å². The number of carbonyl (C=O) groups excluding carboxylic acids is 2. The molecule has 0 aromatic heterocycles. The van der Waals surface area contributed by atoms with Crippen molar-refractivity contribution < 1.29 is 12.3 Å². The average molecular weight is 172 g/mol. The molecular weight excluding hydrogens is 156 g/mol. The van der Waals surface area contributed by atoms with E-state index in [1.807, 2.05) is 0 Å². The lowest BCUT2D eigenvalue weighted by Gasteiger charge is -2.05. The van der Waals surface area contributed by atoms with Gasteiger partial charge in [-0.1, -0.05) is 38.5 Å². The Morgan fingerprint density at radius 2 is 1.17 bits per heavy atom. The summed E-state index contributed by atoms with van der Waals surface area (Å²) in [5, 5.41) is 10.8. The second-order valence-electron chi connectivity index (χ2n) is 1.96. The number of rotatable bonds is 0. The van der Waals surface area contributed by atoms with Gasteiger partial charge in [0.15, 0.2) is 0 Å². The van der Waals surface area contributed by atoms with Gasteiger partial charge < -0.3 is 0 Å². The first-order chi connectivity index (χ1) is 6.63. The topological polar surface area (TPSA) is 81.8 Å². The van der Waals surface area contributed by atoms with Crippen LogP contribution in [0, 0.1) is 10.8 Å². The molecule has 0 aromatic rings. The molecule has 1 saturated carbocycles. The summed E-state index contributed by atoms with van der Waals surface area (Å²) >= 11 is 0. The highest BCUT2D eigenvalue weighted by atomic mass is 16.1. The SMILES string of the molecule is N=C=O.N=C=O.[2H]C1CCCCC1[2H]. The van der Waals surface area contributed by atoms with Crippen molar-refractivity contribution in [3.05, 3.63) is 0 Å². The Morgan fingerprint density at radius 1 is 0.917 bits per heavy atom. The summed E-state index contributed by atoms with van der Waals surface area (Å²) in [5.74, 6) is 0. The van der Waals surface area contributed by atoms with E-state index in [1.54, 1.807) is 0 Å². The lowest BCUT2D eigenvalue weighted by molar-refractivity contribution is 0.504. The minimum absolute atomic E-state index is 0.0799. The quantitative estimate of drug-likeness (QED) is 0.433. The normalized spacial score (nSPS) is 28.0. The summed E-state index contributed by atoms with van der Waals surface area (Å²) in [4.78, 5) is 16.7. The fraction of sp³-hybridized carbons (Fsp3) is 0.750. The Hall–Kier alpha value is -1.24. The van der Waals surface area contributed by atoms with E-state index in [1.165, 1.54) is 12.8 Å². The molecule has 1 fully saturated rings. The first kappa shape index (κ1) is 8.85. The van der Waals surface area contributed by atoms with Crippen LogP contribution in [-0.4, -0.2) is 12.2 Å². The van der Waals surface area contributed by atoms with Crippen LogP contribution in [0.15, 0.2) is 0 Å². The van der Waals surface area contributed by atoms with E-state index in [0.717, 1.165) is 25.0 Å². The molecular formula is C8H14N2O2. The van der Waals surface area contributed by atoms with Gasteiger partial charge in [-0.15, -0.1) is 0 Å². The number of isocyanates is 2. The molecule has 0 aliphatic heterocycles. The van der Waals surface area contributed by atoms with Crippen molar-refractivity contribution in [2.24, 2.45) is 0 Å². The summed E-state index contributed by atoms with van der Waals surface area (Å²) in [6.45, 7) is 0. The van der Waals surface area contributed by atoms with E-state index in [0.29, 0.717) is 0 Å². The highest BCUT2D eigenvalue weighted by molar-refractivity contribution is 5.26. The molecule has 4 nitrogen and oxygen atoms in total. The van der Waals surface area contributed by atoms with Crippen LogP contribution in [0.2, 0.25) is 0 Å². The molecule has 0 bridgehead atoms. The molecule has 0 spiro atoms. The van der Waals surface area contributed by atoms with E-state index in [9.17, 15) is 0 Å². The Balaban J connectivity index is 0. The standard InChI is InChI=1S/C6H12.2CHNO/c1-2-4-6-5-3-1;2*2-1-3/h1-6H2;2*2H/i1D,2D;;. The molecule has 68 valence electrons. The minimum Gasteiger partial charge on any atom is -0.222 e. The zero-order valence-electron chi connectivity index (χ0n) is 8.80. The number of hydrogen-bond acceptors (Lipinski definition) is 4. The van der Waals surface area contributed by atoms with Crippen LogP contribution in [0.25, 0.3) is 0 Å². The maximum Gasteiger partial charge on any atom is 0.231 e. The van der Waals surface area contributed by atoms with Crippen molar-refractivity contribution in [1.29, 1.82) is 10.8 Å².